The number of methoxy groups -OCH3 is 1. The number of nitrogens with one attached hydrogen (secondary N) is 1. The fourth-order valence-electron chi connectivity index (χ4n) is 1.98. The zero-order valence-corrected chi connectivity index (χ0v) is 10.9. The first kappa shape index (κ1) is 12.4. The molecule has 2 aromatic rings. The van der Waals surface area contributed by atoms with Gasteiger partial charge in [0.25, 0.3) is 5.91 Å². The van der Waals surface area contributed by atoms with Crippen molar-refractivity contribution in [3.63, 3.8) is 0 Å². The van der Waals surface area contributed by atoms with Crippen molar-refractivity contribution in [2.24, 2.45) is 0 Å². The molecule has 0 saturated heterocycles. The van der Waals surface area contributed by atoms with Gasteiger partial charge in [-0.3, -0.25) is 9.20 Å². The van der Waals surface area contributed by atoms with E-state index in [0.717, 1.165) is 5.69 Å². The van der Waals surface area contributed by atoms with Crippen LogP contribution in [0.1, 0.15) is 30.0 Å². The molecule has 5 nitrogen and oxygen atoms in total. The van der Waals surface area contributed by atoms with E-state index < -0.39 is 0 Å². The highest BCUT2D eigenvalue weighted by Crippen LogP contribution is 2.22. The largest absolute Gasteiger partial charge is 0.493 e. The summed E-state index contributed by atoms with van der Waals surface area (Å²) in [5.74, 6) is 0.567. The molecule has 18 heavy (non-hydrogen) atoms. The molecule has 0 radical (unpaired) electrons. The number of aromatic nitrogens is 2. The first-order valence-electron chi connectivity index (χ1n) is 6.05. The Morgan fingerprint density at radius 3 is 2.89 bits per heavy atom. The van der Waals surface area contributed by atoms with Gasteiger partial charge in [-0.25, -0.2) is 4.98 Å². The molecular weight excluding hydrogens is 230 g/mol. The van der Waals surface area contributed by atoms with Gasteiger partial charge >= 0.3 is 0 Å². The van der Waals surface area contributed by atoms with Crippen LogP contribution < -0.4 is 10.1 Å². The Hall–Kier alpha value is -2.04. The molecule has 0 aliphatic rings. The molecule has 2 heterocycles. The molecule has 5 heteroatoms. The summed E-state index contributed by atoms with van der Waals surface area (Å²) in [6, 6.07) is 3.68. The van der Waals surface area contributed by atoms with Crippen LogP contribution in [-0.4, -0.2) is 28.9 Å². The molecule has 0 aliphatic heterocycles. The van der Waals surface area contributed by atoms with E-state index in [0.29, 0.717) is 30.1 Å². The average molecular weight is 247 g/mol. The number of aryl methyl sites for hydroxylation is 1. The van der Waals surface area contributed by atoms with Crippen LogP contribution in [0.2, 0.25) is 0 Å². The number of nitrogens with zero attached hydrogens (tertiary/aromatic N) is 2. The second kappa shape index (κ2) is 5.08. The van der Waals surface area contributed by atoms with Crippen LogP contribution in [0.25, 0.3) is 5.65 Å². The summed E-state index contributed by atoms with van der Waals surface area (Å²) in [7, 11) is 1.60. The molecule has 0 aliphatic carbocycles. The Kier molecular flexibility index (Phi) is 3.50. The smallest absolute Gasteiger partial charge is 0.270 e. The number of hydrogen-bond donors (Lipinski definition) is 1. The van der Waals surface area contributed by atoms with E-state index >= 15 is 0 Å². The number of ether oxygens (including phenoxy) is 1. The Balaban J connectivity index is 2.66. The summed E-state index contributed by atoms with van der Waals surface area (Å²) in [6.07, 6.45) is 2.53. The summed E-state index contributed by atoms with van der Waals surface area (Å²) >= 11 is 0. The molecule has 0 atom stereocenters. The minimum atomic E-state index is -0.102. The zero-order valence-electron chi connectivity index (χ0n) is 10.9. The monoisotopic (exact) mass is 247 g/mol. The molecule has 2 rings (SSSR count). The molecule has 0 saturated carbocycles. The van der Waals surface area contributed by atoms with Gasteiger partial charge in [-0.15, -0.1) is 0 Å². The van der Waals surface area contributed by atoms with Crippen LogP contribution in [0.4, 0.5) is 0 Å². The Morgan fingerprint density at radius 1 is 1.50 bits per heavy atom. The minimum absolute atomic E-state index is 0.102. The lowest BCUT2D eigenvalue weighted by atomic mass is 10.2. The number of fused-ring (bicyclic) bond motifs is 1. The van der Waals surface area contributed by atoms with E-state index in [2.05, 4.69) is 10.3 Å². The van der Waals surface area contributed by atoms with Crippen molar-refractivity contribution in [2.75, 3.05) is 13.7 Å². The molecular formula is C13H17N3O2. The lowest BCUT2D eigenvalue weighted by molar-refractivity contribution is 0.0949. The number of imidazole rings is 1. The van der Waals surface area contributed by atoms with Crippen LogP contribution >= 0.6 is 0 Å². The van der Waals surface area contributed by atoms with Gasteiger partial charge in [0.2, 0.25) is 0 Å². The highest BCUT2D eigenvalue weighted by atomic mass is 16.5. The van der Waals surface area contributed by atoms with Gasteiger partial charge < -0.3 is 10.1 Å². The highest BCUT2D eigenvalue weighted by Gasteiger charge is 2.19. The van der Waals surface area contributed by atoms with Crippen LogP contribution in [0.3, 0.4) is 0 Å². The Labute approximate surface area is 106 Å². The number of amides is 1. The third-order valence-corrected chi connectivity index (χ3v) is 2.79. The van der Waals surface area contributed by atoms with Gasteiger partial charge in [-0.05, 0) is 25.5 Å². The van der Waals surface area contributed by atoms with Gasteiger partial charge in [0.1, 0.15) is 5.69 Å². The number of carbonyl (C=O) groups is 1. The van der Waals surface area contributed by atoms with Crippen molar-refractivity contribution < 1.29 is 9.53 Å². The Morgan fingerprint density at radius 2 is 2.28 bits per heavy atom. The van der Waals surface area contributed by atoms with Crippen LogP contribution in [0, 0.1) is 0 Å². The minimum Gasteiger partial charge on any atom is -0.493 e. The molecule has 0 spiro atoms. The Bertz CT molecular complexity index is 575. The number of hydrogen-bond acceptors (Lipinski definition) is 3. The molecule has 0 unspecified atom stereocenters. The lowest BCUT2D eigenvalue weighted by Crippen LogP contribution is -2.25. The summed E-state index contributed by atoms with van der Waals surface area (Å²) in [5, 5.41) is 2.81. The van der Waals surface area contributed by atoms with Crippen molar-refractivity contribution in [3.05, 3.63) is 29.7 Å². The number of pyridine rings is 1. The van der Waals surface area contributed by atoms with Crippen molar-refractivity contribution in [2.45, 2.75) is 20.3 Å². The molecule has 2 aromatic heterocycles. The first-order valence-corrected chi connectivity index (χ1v) is 6.05. The summed E-state index contributed by atoms with van der Waals surface area (Å²) in [4.78, 5) is 16.6. The van der Waals surface area contributed by atoms with Crippen LogP contribution in [0.15, 0.2) is 18.3 Å². The summed E-state index contributed by atoms with van der Waals surface area (Å²) in [6.45, 7) is 4.48. The van der Waals surface area contributed by atoms with E-state index in [4.69, 9.17) is 4.74 Å². The zero-order chi connectivity index (χ0) is 13.1. The van der Waals surface area contributed by atoms with Crippen molar-refractivity contribution in [1.29, 1.82) is 0 Å². The second-order valence-corrected chi connectivity index (χ2v) is 3.89. The average Bonchev–Trinajstić information content (AvgIpc) is 2.77. The summed E-state index contributed by atoms with van der Waals surface area (Å²) in [5.41, 5.74) is 2.05. The van der Waals surface area contributed by atoms with Gasteiger partial charge in [-0.2, -0.15) is 0 Å². The van der Waals surface area contributed by atoms with E-state index in [1.165, 1.54) is 0 Å². The lowest BCUT2D eigenvalue weighted by Gasteiger charge is -2.05. The highest BCUT2D eigenvalue weighted by molar-refractivity contribution is 5.95. The van der Waals surface area contributed by atoms with Gasteiger partial charge in [0, 0.05) is 12.7 Å². The topological polar surface area (TPSA) is 55.6 Å². The van der Waals surface area contributed by atoms with Crippen molar-refractivity contribution in [3.8, 4) is 5.75 Å². The molecule has 1 N–H and O–H groups in total. The van der Waals surface area contributed by atoms with E-state index in [1.54, 1.807) is 11.5 Å². The van der Waals surface area contributed by atoms with Gasteiger partial charge in [0.15, 0.2) is 11.4 Å². The maximum atomic E-state index is 12.1. The van der Waals surface area contributed by atoms with Crippen molar-refractivity contribution >= 4 is 11.6 Å². The van der Waals surface area contributed by atoms with E-state index in [9.17, 15) is 4.79 Å². The standard InChI is InChI=1S/C13H17N3O2/c1-4-9-11(13(17)14-5-2)16-8-6-7-10(18-3)12(16)15-9/h6-8H,4-5H2,1-3H3,(H,14,17). The van der Waals surface area contributed by atoms with Gasteiger partial charge in [-0.1, -0.05) is 6.92 Å². The number of carbonyl (C=O) groups excluding carboxylic acids is 1. The third-order valence-electron chi connectivity index (χ3n) is 2.79. The first-order chi connectivity index (χ1) is 8.72. The second-order valence-electron chi connectivity index (χ2n) is 3.89. The fourth-order valence-corrected chi connectivity index (χ4v) is 1.98. The van der Waals surface area contributed by atoms with Crippen LogP contribution in [-0.2, 0) is 6.42 Å². The molecule has 0 bridgehead atoms. The SMILES string of the molecule is CCNC(=O)c1c(CC)nc2c(OC)cccn12. The quantitative estimate of drug-likeness (QED) is 0.893. The molecule has 96 valence electrons. The maximum Gasteiger partial charge on any atom is 0.270 e. The van der Waals surface area contributed by atoms with Gasteiger partial charge in [0.05, 0.1) is 12.8 Å². The number of rotatable bonds is 4. The maximum absolute atomic E-state index is 12.1. The molecule has 0 aromatic carbocycles. The molecule has 0 fully saturated rings. The predicted octanol–water partition coefficient (Wildman–Crippen LogP) is 1.66. The van der Waals surface area contributed by atoms with E-state index in [-0.39, 0.29) is 5.91 Å². The molecule has 1 amide bonds. The normalized spacial score (nSPS) is 10.6. The van der Waals surface area contributed by atoms with Crippen LogP contribution in [0.5, 0.6) is 5.75 Å². The third kappa shape index (κ3) is 1.92. The van der Waals surface area contributed by atoms with E-state index in [1.807, 2.05) is 32.2 Å². The fraction of sp³-hybridized carbons (Fsp3) is 0.385. The van der Waals surface area contributed by atoms with Crippen molar-refractivity contribution in [1.82, 2.24) is 14.7 Å². The summed E-state index contributed by atoms with van der Waals surface area (Å²) < 4.78 is 7.05. The predicted molar refractivity (Wildman–Crippen MR) is 69.1 cm³/mol.